The lowest BCUT2D eigenvalue weighted by atomic mass is 9.91. The van der Waals surface area contributed by atoms with E-state index in [9.17, 15) is 0 Å². The van der Waals surface area contributed by atoms with Gasteiger partial charge in [0.05, 0.1) is 0 Å². The minimum Gasteiger partial charge on any atom is -0.381 e. The Hall–Kier alpha value is -1.12. The number of rotatable bonds is 4. The molecule has 132 valence electrons. The third-order valence-electron chi connectivity index (χ3n) is 5.34. The lowest BCUT2D eigenvalue weighted by molar-refractivity contribution is 0.0853. The minimum absolute atomic E-state index is 0.697. The van der Waals surface area contributed by atoms with Gasteiger partial charge >= 0.3 is 0 Å². The van der Waals surface area contributed by atoms with E-state index in [0.717, 1.165) is 19.1 Å². The summed E-state index contributed by atoms with van der Waals surface area (Å²) >= 11 is 0. The first-order chi connectivity index (χ1) is 11.7. The lowest BCUT2D eigenvalue weighted by Crippen LogP contribution is -2.28. The Labute approximate surface area is 147 Å². The molecule has 1 aromatic rings. The fraction of sp³-hybridized carbons (Fsp3) is 0.636. The van der Waals surface area contributed by atoms with Crippen molar-refractivity contribution in [1.29, 1.82) is 0 Å². The predicted octanol–water partition coefficient (Wildman–Crippen LogP) is 5.11. The number of likely N-dealkylation sites (tertiary alicyclic amines) is 1. The van der Waals surface area contributed by atoms with E-state index in [1.54, 1.807) is 5.57 Å². The van der Waals surface area contributed by atoms with Crippen LogP contribution in [0.1, 0.15) is 63.0 Å². The monoisotopic (exact) mass is 327 g/mol. The summed E-state index contributed by atoms with van der Waals surface area (Å²) in [7, 11) is 0. The number of hydrogen-bond acceptors (Lipinski definition) is 2. The summed E-state index contributed by atoms with van der Waals surface area (Å²) in [5.74, 6) is 1.47. The zero-order valence-electron chi connectivity index (χ0n) is 15.5. The van der Waals surface area contributed by atoms with Crippen LogP contribution in [-0.4, -0.2) is 37.7 Å². The summed E-state index contributed by atoms with van der Waals surface area (Å²) in [4.78, 5) is 2.64. The van der Waals surface area contributed by atoms with E-state index >= 15 is 0 Å². The second kappa shape index (κ2) is 8.82. The highest BCUT2D eigenvalue weighted by molar-refractivity contribution is 5.53. The molecule has 0 atom stereocenters. The van der Waals surface area contributed by atoms with Gasteiger partial charge in [-0.25, -0.2) is 0 Å². The molecule has 1 aromatic carbocycles. The fourth-order valence-corrected chi connectivity index (χ4v) is 4.04. The zero-order valence-corrected chi connectivity index (χ0v) is 15.5. The third-order valence-corrected chi connectivity index (χ3v) is 5.34. The van der Waals surface area contributed by atoms with Crippen molar-refractivity contribution in [3.05, 3.63) is 41.0 Å². The molecule has 0 amide bonds. The van der Waals surface area contributed by atoms with E-state index in [4.69, 9.17) is 4.74 Å². The van der Waals surface area contributed by atoms with E-state index < -0.39 is 0 Å². The van der Waals surface area contributed by atoms with Crippen LogP contribution in [0, 0.1) is 5.92 Å². The van der Waals surface area contributed by atoms with Crippen LogP contribution in [0.2, 0.25) is 0 Å². The Bertz CT molecular complexity index is 525. The summed E-state index contributed by atoms with van der Waals surface area (Å²) < 4.78 is 5.48. The molecule has 0 aliphatic carbocycles. The first-order valence-electron chi connectivity index (χ1n) is 9.80. The van der Waals surface area contributed by atoms with Crippen molar-refractivity contribution in [2.45, 2.75) is 51.9 Å². The Balaban J connectivity index is 1.59. The largest absolute Gasteiger partial charge is 0.381 e. The minimum atomic E-state index is 0.697. The van der Waals surface area contributed by atoms with Gasteiger partial charge in [0.2, 0.25) is 0 Å². The Morgan fingerprint density at radius 1 is 1.08 bits per heavy atom. The maximum absolute atomic E-state index is 5.48. The van der Waals surface area contributed by atoms with E-state index in [1.807, 2.05) is 0 Å². The smallest absolute Gasteiger partial charge is 0.0471 e. The quantitative estimate of drug-likeness (QED) is 0.762. The summed E-state index contributed by atoms with van der Waals surface area (Å²) in [6, 6.07) is 9.30. The number of hydrogen-bond donors (Lipinski definition) is 0. The van der Waals surface area contributed by atoms with E-state index in [2.05, 4.69) is 49.1 Å². The predicted molar refractivity (Wildman–Crippen MR) is 102 cm³/mol. The highest BCUT2D eigenvalue weighted by Gasteiger charge is 2.16. The molecule has 0 aromatic heterocycles. The molecular weight excluding hydrogens is 294 g/mol. The van der Waals surface area contributed by atoms with Crippen molar-refractivity contribution in [3.63, 3.8) is 0 Å². The van der Waals surface area contributed by atoms with Gasteiger partial charge in [0, 0.05) is 26.3 Å². The first kappa shape index (κ1) is 17.7. The summed E-state index contributed by atoms with van der Waals surface area (Å²) in [5, 5.41) is 0. The number of ether oxygens (including phenoxy) is 1. The molecule has 2 aliphatic rings. The molecule has 0 saturated carbocycles. The van der Waals surface area contributed by atoms with Crippen molar-refractivity contribution in [3.8, 4) is 0 Å². The second-order valence-electron chi connectivity index (χ2n) is 7.90. The molecule has 2 saturated heterocycles. The lowest BCUT2D eigenvalue weighted by Gasteiger charge is -2.22. The number of nitrogens with zero attached hydrogens (tertiary/aromatic N) is 1. The Kier molecular flexibility index (Phi) is 6.51. The normalized spacial score (nSPS) is 22.9. The van der Waals surface area contributed by atoms with Crippen LogP contribution < -0.4 is 0 Å². The van der Waals surface area contributed by atoms with Gasteiger partial charge in [-0.05, 0) is 61.6 Å². The van der Waals surface area contributed by atoms with E-state index in [0.29, 0.717) is 5.92 Å². The summed E-state index contributed by atoms with van der Waals surface area (Å²) in [5.41, 5.74) is 4.49. The molecule has 2 fully saturated rings. The van der Waals surface area contributed by atoms with Crippen LogP contribution in [0.15, 0.2) is 29.8 Å². The average molecular weight is 328 g/mol. The van der Waals surface area contributed by atoms with Gasteiger partial charge in [-0.15, -0.1) is 0 Å². The van der Waals surface area contributed by atoms with E-state index in [-0.39, 0.29) is 0 Å². The highest BCUT2D eigenvalue weighted by Crippen LogP contribution is 2.27. The van der Waals surface area contributed by atoms with Crippen LogP contribution in [0.5, 0.6) is 0 Å². The maximum Gasteiger partial charge on any atom is 0.0471 e. The molecule has 2 heteroatoms. The van der Waals surface area contributed by atoms with Gasteiger partial charge in [-0.3, -0.25) is 0 Å². The van der Waals surface area contributed by atoms with Crippen LogP contribution in [0.4, 0.5) is 0 Å². The molecule has 3 rings (SSSR count). The van der Waals surface area contributed by atoms with Crippen molar-refractivity contribution in [2.75, 3.05) is 32.8 Å². The topological polar surface area (TPSA) is 12.5 Å². The van der Waals surface area contributed by atoms with Gasteiger partial charge in [0.25, 0.3) is 0 Å². The average Bonchev–Trinajstić information content (AvgIpc) is 2.81. The van der Waals surface area contributed by atoms with Gasteiger partial charge in [0.1, 0.15) is 0 Å². The van der Waals surface area contributed by atoms with Gasteiger partial charge in [-0.1, -0.05) is 49.8 Å². The van der Waals surface area contributed by atoms with Crippen molar-refractivity contribution in [2.24, 2.45) is 5.92 Å². The van der Waals surface area contributed by atoms with Crippen molar-refractivity contribution >= 4 is 6.08 Å². The SMILES string of the molecule is CC(C)CN1CCCC(=Cc2ccc(C3CCOCC3)cc2)CC1. The molecule has 2 aliphatic heterocycles. The standard InChI is InChI=1S/C22H33NO/c1-18(2)17-23-12-3-4-19(9-13-23)16-20-5-7-21(8-6-20)22-10-14-24-15-11-22/h5-8,16,18,22H,3-4,9-15,17H2,1-2H3. The van der Waals surface area contributed by atoms with Crippen LogP contribution >= 0.6 is 0 Å². The Morgan fingerprint density at radius 2 is 1.83 bits per heavy atom. The van der Waals surface area contributed by atoms with Gasteiger partial charge < -0.3 is 9.64 Å². The molecule has 0 unspecified atom stereocenters. The van der Waals surface area contributed by atoms with Crippen LogP contribution in [0.3, 0.4) is 0 Å². The van der Waals surface area contributed by atoms with Crippen LogP contribution in [0.25, 0.3) is 6.08 Å². The van der Waals surface area contributed by atoms with Gasteiger partial charge in [-0.2, -0.15) is 0 Å². The van der Waals surface area contributed by atoms with Crippen molar-refractivity contribution < 1.29 is 4.74 Å². The fourth-order valence-electron chi connectivity index (χ4n) is 4.04. The molecule has 0 radical (unpaired) electrons. The highest BCUT2D eigenvalue weighted by atomic mass is 16.5. The summed E-state index contributed by atoms with van der Waals surface area (Å²) in [6.45, 7) is 10.2. The van der Waals surface area contributed by atoms with Crippen molar-refractivity contribution in [1.82, 2.24) is 4.90 Å². The van der Waals surface area contributed by atoms with Crippen LogP contribution in [-0.2, 0) is 4.74 Å². The Morgan fingerprint density at radius 3 is 2.54 bits per heavy atom. The zero-order chi connectivity index (χ0) is 16.8. The van der Waals surface area contributed by atoms with E-state index in [1.165, 1.54) is 62.9 Å². The third kappa shape index (κ3) is 5.19. The first-order valence-corrected chi connectivity index (χ1v) is 9.80. The molecule has 2 nitrogen and oxygen atoms in total. The maximum atomic E-state index is 5.48. The molecule has 0 spiro atoms. The summed E-state index contributed by atoms with van der Waals surface area (Å²) in [6.07, 6.45) is 8.58. The molecule has 24 heavy (non-hydrogen) atoms. The van der Waals surface area contributed by atoms with Gasteiger partial charge in [0.15, 0.2) is 0 Å². The second-order valence-corrected chi connectivity index (χ2v) is 7.90. The molecule has 0 N–H and O–H groups in total. The molecule has 0 bridgehead atoms. The number of benzene rings is 1. The molecular formula is C22H33NO. The molecule has 2 heterocycles.